The van der Waals surface area contributed by atoms with Crippen molar-refractivity contribution in [2.24, 2.45) is 0 Å². The summed E-state index contributed by atoms with van der Waals surface area (Å²) in [6.07, 6.45) is -3.61. The van der Waals surface area contributed by atoms with Crippen LogP contribution in [0.4, 0.5) is 0 Å². The minimum absolute atomic E-state index is 0.0977. The Labute approximate surface area is 106 Å². The van der Waals surface area contributed by atoms with Crippen LogP contribution in [0.3, 0.4) is 0 Å². The van der Waals surface area contributed by atoms with Crippen LogP contribution in [0, 0.1) is 0 Å². The second kappa shape index (κ2) is 6.26. The Morgan fingerprint density at radius 1 is 1.11 bits per heavy atom. The second-order valence-corrected chi connectivity index (χ2v) is 4.44. The van der Waals surface area contributed by atoms with Gasteiger partial charge in [-0.2, -0.15) is 0 Å². The van der Waals surface area contributed by atoms with Crippen LogP contribution in [0.15, 0.2) is 30.3 Å². The molecule has 3 N–H and O–H groups in total. The maximum absolute atomic E-state index is 9.68. The Hall–Kier alpha value is -0.980. The summed E-state index contributed by atoms with van der Waals surface area (Å²) in [4.78, 5) is 0. The number of benzene rings is 1. The maximum atomic E-state index is 9.68. The second-order valence-electron chi connectivity index (χ2n) is 4.44. The lowest BCUT2D eigenvalue weighted by molar-refractivity contribution is -0.254. The molecule has 1 aromatic rings. The minimum atomic E-state index is -1.25. The summed E-state index contributed by atoms with van der Waals surface area (Å²) in [5.41, 5.74) is 1.03. The summed E-state index contributed by atoms with van der Waals surface area (Å²) in [6.45, 7) is 0.603. The van der Waals surface area contributed by atoms with Crippen LogP contribution in [0.2, 0.25) is 0 Å². The van der Waals surface area contributed by atoms with Crippen molar-refractivity contribution in [2.75, 3.05) is 6.61 Å². The highest BCUT2D eigenvalue weighted by atomic mass is 16.6. The van der Waals surface area contributed by atoms with Crippen molar-refractivity contribution in [3.8, 4) is 0 Å². The highest BCUT2D eigenvalue weighted by molar-refractivity contribution is 5.13. The molecule has 100 valence electrons. The topological polar surface area (TPSA) is 79.2 Å². The van der Waals surface area contributed by atoms with Crippen molar-refractivity contribution in [1.82, 2.24) is 0 Å². The van der Waals surface area contributed by atoms with Crippen LogP contribution in [0.5, 0.6) is 0 Å². The molecule has 0 aliphatic carbocycles. The van der Waals surface area contributed by atoms with Gasteiger partial charge in [0.25, 0.3) is 0 Å². The van der Waals surface area contributed by atoms with Gasteiger partial charge >= 0.3 is 0 Å². The van der Waals surface area contributed by atoms with Crippen molar-refractivity contribution < 1.29 is 24.8 Å². The molecule has 0 bridgehead atoms. The fourth-order valence-corrected chi connectivity index (χ4v) is 1.89. The Bertz CT molecular complexity index is 356. The molecule has 5 nitrogen and oxygen atoms in total. The van der Waals surface area contributed by atoms with Crippen LogP contribution in [-0.4, -0.2) is 46.5 Å². The van der Waals surface area contributed by atoms with Crippen LogP contribution < -0.4 is 0 Å². The first-order valence-electron chi connectivity index (χ1n) is 5.98. The standard InChI is InChI=1S/C13H18O5/c14-10-6-11(15)13(16)18-12(10)8-17-7-9-4-2-1-3-5-9/h1-5,10-16H,6-8H2/t10-,11+,12-,13-/m1/s1. The van der Waals surface area contributed by atoms with Crippen LogP contribution in [0.25, 0.3) is 0 Å². The van der Waals surface area contributed by atoms with Crippen molar-refractivity contribution in [1.29, 1.82) is 0 Å². The van der Waals surface area contributed by atoms with E-state index in [9.17, 15) is 15.3 Å². The van der Waals surface area contributed by atoms with Gasteiger partial charge in [0.15, 0.2) is 6.29 Å². The molecule has 18 heavy (non-hydrogen) atoms. The van der Waals surface area contributed by atoms with E-state index in [-0.39, 0.29) is 13.0 Å². The normalized spacial score (nSPS) is 32.4. The minimum Gasteiger partial charge on any atom is -0.390 e. The van der Waals surface area contributed by atoms with Gasteiger partial charge in [0.1, 0.15) is 12.2 Å². The van der Waals surface area contributed by atoms with Crippen LogP contribution in [-0.2, 0) is 16.1 Å². The molecule has 5 heteroatoms. The van der Waals surface area contributed by atoms with E-state index in [1.54, 1.807) is 0 Å². The zero-order valence-electron chi connectivity index (χ0n) is 9.98. The quantitative estimate of drug-likeness (QED) is 0.706. The average Bonchev–Trinajstić information content (AvgIpc) is 2.37. The molecule has 4 atom stereocenters. The molecule has 1 aromatic carbocycles. The Kier molecular flexibility index (Phi) is 4.68. The summed E-state index contributed by atoms with van der Waals surface area (Å²) in [6, 6.07) is 9.65. The first-order valence-corrected chi connectivity index (χ1v) is 5.98. The summed E-state index contributed by atoms with van der Waals surface area (Å²) in [7, 11) is 0. The van der Waals surface area contributed by atoms with Gasteiger partial charge in [0.05, 0.1) is 19.3 Å². The number of hydrogen-bond donors (Lipinski definition) is 3. The molecular formula is C13H18O5. The van der Waals surface area contributed by atoms with E-state index < -0.39 is 24.6 Å². The number of hydrogen-bond acceptors (Lipinski definition) is 5. The molecular weight excluding hydrogens is 236 g/mol. The van der Waals surface area contributed by atoms with E-state index >= 15 is 0 Å². The molecule has 0 saturated carbocycles. The van der Waals surface area contributed by atoms with Crippen molar-refractivity contribution in [2.45, 2.75) is 37.6 Å². The number of aliphatic hydroxyl groups excluding tert-OH is 3. The lowest BCUT2D eigenvalue weighted by atomic mass is 10.0. The Morgan fingerprint density at radius 3 is 2.56 bits per heavy atom. The lowest BCUT2D eigenvalue weighted by Crippen LogP contribution is -2.48. The predicted octanol–water partition coefficient (Wildman–Crippen LogP) is 0.0323. The Balaban J connectivity index is 1.76. The van der Waals surface area contributed by atoms with E-state index in [1.807, 2.05) is 30.3 Å². The first kappa shape index (κ1) is 13.5. The smallest absolute Gasteiger partial charge is 0.181 e. The SMILES string of the molecule is O[C@@H]1C[C@H](O)[C@H](O)O[C@@H]1COCc1ccccc1. The summed E-state index contributed by atoms with van der Waals surface area (Å²) >= 11 is 0. The van der Waals surface area contributed by atoms with E-state index in [0.29, 0.717) is 6.61 Å². The van der Waals surface area contributed by atoms with E-state index in [2.05, 4.69) is 0 Å². The fourth-order valence-electron chi connectivity index (χ4n) is 1.89. The van der Waals surface area contributed by atoms with E-state index in [4.69, 9.17) is 9.47 Å². The van der Waals surface area contributed by atoms with Crippen LogP contribution in [0.1, 0.15) is 12.0 Å². The third-order valence-electron chi connectivity index (χ3n) is 2.95. The molecule has 0 aromatic heterocycles. The third-order valence-corrected chi connectivity index (χ3v) is 2.95. The molecule has 0 unspecified atom stereocenters. The fraction of sp³-hybridized carbons (Fsp3) is 0.538. The molecule has 1 aliphatic heterocycles. The molecule has 0 spiro atoms. The van der Waals surface area contributed by atoms with Crippen molar-refractivity contribution in [3.63, 3.8) is 0 Å². The average molecular weight is 254 g/mol. The summed E-state index contributed by atoms with van der Waals surface area (Å²) in [5.74, 6) is 0. The lowest BCUT2D eigenvalue weighted by Gasteiger charge is -2.34. The maximum Gasteiger partial charge on any atom is 0.181 e. The highest BCUT2D eigenvalue weighted by Gasteiger charge is 2.35. The van der Waals surface area contributed by atoms with Gasteiger partial charge in [-0.15, -0.1) is 0 Å². The number of rotatable bonds is 4. The van der Waals surface area contributed by atoms with Gasteiger partial charge < -0.3 is 24.8 Å². The van der Waals surface area contributed by atoms with Crippen molar-refractivity contribution >= 4 is 0 Å². The summed E-state index contributed by atoms with van der Waals surface area (Å²) < 4.78 is 10.5. The monoisotopic (exact) mass is 254 g/mol. The number of ether oxygens (including phenoxy) is 2. The molecule has 2 rings (SSSR count). The molecule has 1 aliphatic rings. The molecule has 0 radical (unpaired) electrons. The van der Waals surface area contributed by atoms with Gasteiger partial charge in [-0.25, -0.2) is 0 Å². The van der Waals surface area contributed by atoms with Gasteiger partial charge in [0, 0.05) is 6.42 Å². The largest absolute Gasteiger partial charge is 0.390 e. The van der Waals surface area contributed by atoms with E-state index in [0.717, 1.165) is 5.56 Å². The van der Waals surface area contributed by atoms with E-state index in [1.165, 1.54) is 0 Å². The van der Waals surface area contributed by atoms with Gasteiger partial charge in [-0.1, -0.05) is 30.3 Å². The van der Waals surface area contributed by atoms with Gasteiger partial charge in [-0.3, -0.25) is 0 Å². The molecule has 1 saturated heterocycles. The first-order chi connectivity index (χ1) is 8.66. The zero-order chi connectivity index (χ0) is 13.0. The van der Waals surface area contributed by atoms with Crippen LogP contribution >= 0.6 is 0 Å². The van der Waals surface area contributed by atoms with Gasteiger partial charge in [0.2, 0.25) is 0 Å². The third kappa shape index (κ3) is 3.51. The van der Waals surface area contributed by atoms with Crippen molar-refractivity contribution in [3.05, 3.63) is 35.9 Å². The Morgan fingerprint density at radius 2 is 1.83 bits per heavy atom. The number of aliphatic hydroxyl groups is 3. The summed E-state index contributed by atoms with van der Waals surface area (Å²) in [5, 5.41) is 28.3. The molecule has 0 amide bonds. The molecule has 1 fully saturated rings. The predicted molar refractivity (Wildman–Crippen MR) is 63.6 cm³/mol. The van der Waals surface area contributed by atoms with Gasteiger partial charge in [-0.05, 0) is 5.56 Å². The molecule has 1 heterocycles. The highest BCUT2D eigenvalue weighted by Crippen LogP contribution is 2.19. The zero-order valence-corrected chi connectivity index (χ0v) is 9.98.